The minimum Gasteiger partial charge on any atom is -0.491 e. The number of hydrogen-bond acceptors (Lipinski definition) is 5. The number of carbonyl (C=O) groups is 1. The molecule has 1 saturated heterocycles. The highest BCUT2D eigenvalue weighted by atomic mass is 35.5. The Labute approximate surface area is 127 Å². The molecular formula is C14H17ClFNO4. The van der Waals surface area contributed by atoms with Gasteiger partial charge in [0, 0.05) is 24.5 Å². The molecule has 1 spiro atoms. The lowest BCUT2D eigenvalue weighted by molar-refractivity contribution is -0.0255. The highest BCUT2D eigenvalue weighted by molar-refractivity contribution is 5.95. The number of rotatable bonds is 3. The van der Waals surface area contributed by atoms with Crippen molar-refractivity contribution in [1.82, 2.24) is 5.32 Å². The molecule has 0 amide bonds. The number of aliphatic hydroxyl groups excluding tert-OH is 1. The quantitative estimate of drug-likeness (QED) is 0.824. The minimum atomic E-state index is -0.836. The van der Waals surface area contributed by atoms with Crippen LogP contribution in [-0.2, 0) is 10.3 Å². The van der Waals surface area contributed by atoms with Crippen LogP contribution >= 0.6 is 12.4 Å². The number of benzene rings is 1. The molecule has 0 saturated carbocycles. The van der Waals surface area contributed by atoms with Gasteiger partial charge in [0.2, 0.25) is 0 Å². The molecule has 0 unspecified atom stereocenters. The molecule has 21 heavy (non-hydrogen) atoms. The SMILES string of the molecule is Cl.O=C1OC2(CCNCC2)c2c(F)cc(OCCO)cc21. The molecule has 3 rings (SSSR count). The van der Waals surface area contributed by atoms with Gasteiger partial charge in [0.25, 0.3) is 0 Å². The van der Waals surface area contributed by atoms with Gasteiger partial charge in [0.1, 0.15) is 23.8 Å². The number of fused-ring (bicyclic) bond motifs is 2. The first-order valence-electron chi connectivity index (χ1n) is 6.68. The van der Waals surface area contributed by atoms with Gasteiger partial charge in [0.05, 0.1) is 12.2 Å². The Morgan fingerprint density at radius 3 is 2.76 bits per heavy atom. The van der Waals surface area contributed by atoms with Crippen molar-refractivity contribution < 1.29 is 23.8 Å². The van der Waals surface area contributed by atoms with Crippen molar-refractivity contribution in [3.63, 3.8) is 0 Å². The molecule has 1 aromatic carbocycles. The molecule has 2 heterocycles. The molecule has 2 aliphatic heterocycles. The molecular weight excluding hydrogens is 301 g/mol. The third-order valence-corrected chi connectivity index (χ3v) is 3.80. The van der Waals surface area contributed by atoms with E-state index in [1.807, 2.05) is 0 Å². The second-order valence-electron chi connectivity index (χ2n) is 5.03. The normalized spacial score (nSPS) is 18.9. The van der Waals surface area contributed by atoms with E-state index >= 15 is 0 Å². The van der Waals surface area contributed by atoms with Crippen LogP contribution in [0, 0.1) is 5.82 Å². The average Bonchev–Trinajstić information content (AvgIpc) is 2.70. The van der Waals surface area contributed by atoms with Gasteiger partial charge in [-0.1, -0.05) is 0 Å². The number of aliphatic hydroxyl groups is 1. The molecule has 0 aliphatic carbocycles. The van der Waals surface area contributed by atoms with Crippen LogP contribution in [0.15, 0.2) is 12.1 Å². The third-order valence-electron chi connectivity index (χ3n) is 3.80. The zero-order valence-electron chi connectivity index (χ0n) is 11.4. The van der Waals surface area contributed by atoms with E-state index in [1.54, 1.807) is 0 Å². The molecule has 5 nitrogen and oxygen atoms in total. The van der Waals surface area contributed by atoms with E-state index in [2.05, 4.69) is 5.32 Å². The smallest absolute Gasteiger partial charge is 0.339 e. The molecule has 0 atom stereocenters. The first-order valence-corrected chi connectivity index (χ1v) is 6.68. The van der Waals surface area contributed by atoms with Gasteiger partial charge in [-0.15, -0.1) is 12.4 Å². The predicted molar refractivity (Wildman–Crippen MR) is 75.4 cm³/mol. The van der Waals surface area contributed by atoms with E-state index in [-0.39, 0.29) is 36.9 Å². The van der Waals surface area contributed by atoms with E-state index in [0.717, 1.165) is 0 Å². The van der Waals surface area contributed by atoms with Gasteiger partial charge in [-0.05, 0) is 19.2 Å². The van der Waals surface area contributed by atoms with Gasteiger partial charge in [-0.2, -0.15) is 0 Å². The zero-order chi connectivity index (χ0) is 14.2. The number of piperidine rings is 1. The molecule has 7 heteroatoms. The summed E-state index contributed by atoms with van der Waals surface area (Å²) in [6.45, 7) is 1.27. The van der Waals surface area contributed by atoms with Gasteiger partial charge in [0.15, 0.2) is 0 Å². The summed E-state index contributed by atoms with van der Waals surface area (Å²) in [6.07, 6.45) is 1.14. The van der Waals surface area contributed by atoms with Gasteiger partial charge in [-0.25, -0.2) is 9.18 Å². The number of nitrogens with one attached hydrogen (secondary N) is 1. The Bertz CT molecular complexity index is 546. The van der Waals surface area contributed by atoms with Crippen LogP contribution in [-0.4, -0.2) is 37.4 Å². The summed E-state index contributed by atoms with van der Waals surface area (Å²) in [4.78, 5) is 12.0. The van der Waals surface area contributed by atoms with Gasteiger partial charge in [-0.3, -0.25) is 0 Å². The summed E-state index contributed by atoms with van der Waals surface area (Å²) < 4.78 is 25.0. The van der Waals surface area contributed by atoms with E-state index < -0.39 is 17.4 Å². The zero-order valence-corrected chi connectivity index (χ0v) is 12.2. The van der Waals surface area contributed by atoms with Crippen molar-refractivity contribution in [2.24, 2.45) is 0 Å². The second-order valence-corrected chi connectivity index (χ2v) is 5.03. The highest BCUT2D eigenvalue weighted by Crippen LogP contribution is 2.45. The topological polar surface area (TPSA) is 67.8 Å². The summed E-state index contributed by atoms with van der Waals surface area (Å²) in [6, 6.07) is 2.74. The van der Waals surface area contributed by atoms with Crippen LogP contribution in [0.1, 0.15) is 28.8 Å². The monoisotopic (exact) mass is 317 g/mol. The molecule has 0 bridgehead atoms. The maximum absolute atomic E-state index is 14.4. The number of ether oxygens (including phenoxy) is 2. The van der Waals surface area contributed by atoms with Crippen LogP contribution in [0.3, 0.4) is 0 Å². The Balaban J connectivity index is 0.00000161. The lowest BCUT2D eigenvalue weighted by Gasteiger charge is -2.33. The largest absolute Gasteiger partial charge is 0.491 e. The molecule has 1 aromatic rings. The average molecular weight is 318 g/mol. The number of esters is 1. The highest BCUT2D eigenvalue weighted by Gasteiger charge is 2.48. The van der Waals surface area contributed by atoms with Gasteiger partial charge >= 0.3 is 5.97 Å². The van der Waals surface area contributed by atoms with E-state index in [0.29, 0.717) is 31.5 Å². The predicted octanol–water partition coefficient (Wildman–Crippen LogP) is 1.37. The van der Waals surface area contributed by atoms with Crippen molar-refractivity contribution >= 4 is 18.4 Å². The van der Waals surface area contributed by atoms with Crippen LogP contribution in [0.2, 0.25) is 0 Å². The number of halogens is 2. The first-order chi connectivity index (χ1) is 9.66. The molecule has 2 aliphatic rings. The van der Waals surface area contributed by atoms with Crippen molar-refractivity contribution in [3.8, 4) is 5.75 Å². The Morgan fingerprint density at radius 2 is 2.10 bits per heavy atom. The first kappa shape index (κ1) is 16.0. The fraction of sp³-hybridized carbons (Fsp3) is 0.500. The fourth-order valence-corrected chi connectivity index (χ4v) is 2.92. The summed E-state index contributed by atoms with van der Waals surface area (Å²) in [5.41, 5.74) is -0.253. The van der Waals surface area contributed by atoms with Crippen molar-refractivity contribution in [2.75, 3.05) is 26.3 Å². The molecule has 0 aromatic heterocycles. The minimum absolute atomic E-state index is 0. The molecule has 0 radical (unpaired) electrons. The van der Waals surface area contributed by atoms with Crippen LogP contribution in [0.5, 0.6) is 5.75 Å². The lowest BCUT2D eigenvalue weighted by Crippen LogP contribution is -2.40. The summed E-state index contributed by atoms with van der Waals surface area (Å²) >= 11 is 0. The van der Waals surface area contributed by atoms with E-state index in [1.165, 1.54) is 12.1 Å². The fourth-order valence-electron chi connectivity index (χ4n) is 2.92. The lowest BCUT2D eigenvalue weighted by atomic mass is 9.84. The van der Waals surface area contributed by atoms with E-state index in [9.17, 15) is 9.18 Å². The van der Waals surface area contributed by atoms with Gasteiger partial charge < -0.3 is 19.9 Å². The molecule has 116 valence electrons. The van der Waals surface area contributed by atoms with Crippen LogP contribution in [0.4, 0.5) is 4.39 Å². The Kier molecular flexibility index (Phi) is 4.70. The van der Waals surface area contributed by atoms with E-state index in [4.69, 9.17) is 14.6 Å². The summed E-state index contributed by atoms with van der Waals surface area (Å²) in [5, 5.41) is 11.9. The van der Waals surface area contributed by atoms with Crippen LogP contribution in [0.25, 0.3) is 0 Å². The second kappa shape index (κ2) is 6.17. The third kappa shape index (κ3) is 2.71. The maximum Gasteiger partial charge on any atom is 0.339 e. The van der Waals surface area contributed by atoms with Crippen LogP contribution < -0.4 is 10.1 Å². The maximum atomic E-state index is 14.4. The summed E-state index contributed by atoms with van der Waals surface area (Å²) in [7, 11) is 0. The van der Waals surface area contributed by atoms with Crippen molar-refractivity contribution in [2.45, 2.75) is 18.4 Å². The Morgan fingerprint density at radius 1 is 1.38 bits per heavy atom. The summed E-state index contributed by atoms with van der Waals surface area (Å²) in [5.74, 6) is -0.753. The van der Waals surface area contributed by atoms with Crippen molar-refractivity contribution in [1.29, 1.82) is 0 Å². The Hall–Kier alpha value is -1.37. The molecule has 1 fully saturated rings. The molecule has 2 N–H and O–H groups in total. The standard InChI is InChI=1S/C14H16FNO4.ClH/c15-11-8-9(19-6-5-17)7-10-12(11)14(20-13(10)18)1-3-16-4-2-14;/h7-8,16-17H,1-6H2;1H. The number of hydrogen-bond donors (Lipinski definition) is 2. The van der Waals surface area contributed by atoms with Crippen molar-refractivity contribution in [3.05, 3.63) is 29.1 Å². The number of carbonyl (C=O) groups excluding carboxylic acids is 1.